The first-order chi connectivity index (χ1) is 21.8. The lowest BCUT2D eigenvalue weighted by molar-refractivity contribution is -0.148. The molecule has 2 aromatic carbocycles. The SMILES string of the molecule is COC(=O)C1(Nc2cccc(Cl)c2)CCC2(CC1)c1cc3c(cc1C[C@@H]2C[C@@H](C)COc1ccnc2c1[C@H](C)CCC2)CCO3. The zero-order valence-electron chi connectivity index (χ0n) is 26.8. The number of esters is 1. The van der Waals surface area contributed by atoms with Gasteiger partial charge in [-0.3, -0.25) is 4.98 Å². The molecule has 238 valence electrons. The minimum absolute atomic E-state index is 0.0253. The van der Waals surface area contributed by atoms with Crippen molar-refractivity contribution in [2.24, 2.45) is 11.8 Å². The van der Waals surface area contributed by atoms with E-state index >= 15 is 0 Å². The van der Waals surface area contributed by atoms with E-state index < -0.39 is 5.54 Å². The Hall–Kier alpha value is -3.25. The lowest BCUT2D eigenvalue weighted by atomic mass is 9.59. The van der Waals surface area contributed by atoms with Crippen molar-refractivity contribution in [3.8, 4) is 11.5 Å². The molecule has 45 heavy (non-hydrogen) atoms. The molecule has 4 aliphatic rings. The Labute approximate surface area is 272 Å². The first kappa shape index (κ1) is 30.4. The Morgan fingerprint density at radius 1 is 1.13 bits per heavy atom. The van der Waals surface area contributed by atoms with Crippen molar-refractivity contribution < 1.29 is 19.0 Å². The first-order valence-electron chi connectivity index (χ1n) is 16.8. The highest BCUT2D eigenvalue weighted by molar-refractivity contribution is 6.30. The number of nitrogens with one attached hydrogen (secondary N) is 1. The number of halogens is 1. The van der Waals surface area contributed by atoms with Crippen LogP contribution in [0.1, 0.15) is 92.7 Å². The van der Waals surface area contributed by atoms with Gasteiger partial charge in [0.15, 0.2) is 0 Å². The van der Waals surface area contributed by atoms with Crippen LogP contribution in [0.2, 0.25) is 5.02 Å². The quantitative estimate of drug-likeness (QED) is 0.254. The molecule has 7 rings (SSSR count). The molecule has 0 radical (unpaired) electrons. The average molecular weight is 629 g/mol. The topological polar surface area (TPSA) is 69.7 Å². The molecule has 1 aromatic heterocycles. The fourth-order valence-corrected chi connectivity index (χ4v) is 9.16. The molecule has 0 amide bonds. The van der Waals surface area contributed by atoms with Crippen molar-refractivity contribution in [2.45, 2.75) is 94.9 Å². The van der Waals surface area contributed by atoms with Gasteiger partial charge < -0.3 is 19.5 Å². The molecular weight excluding hydrogens is 584 g/mol. The number of aromatic nitrogens is 1. The van der Waals surface area contributed by atoms with E-state index in [1.54, 1.807) is 0 Å². The van der Waals surface area contributed by atoms with Crippen molar-refractivity contribution in [3.05, 3.63) is 81.6 Å². The number of ether oxygens (including phenoxy) is 3. The number of anilines is 1. The third-order valence-corrected chi connectivity index (χ3v) is 11.5. The second-order valence-corrected chi connectivity index (χ2v) is 14.5. The fourth-order valence-electron chi connectivity index (χ4n) is 8.97. The van der Waals surface area contributed by atoms with Gasteiger partial charge in [0, 0.05) is 34.6 Å². The Balaban J connectivity index is 1.14. The number of fused-ring (bicyclic) bond motifs is 4. The van der Waals surface area contributed by atoms with E-state index in [9.17, 15) is 4.79 Å². The lowest BCUT2D eigenvalue weighted by Crippen LogP contribution is -2.53. The summed E-state index contributed by atoms with van der Waals surface area (Å²) in [6.07, 6.45) is 11.6. The van der Waals surface area contributed by atoms with Crippen LogP contribution in [0.3, 0.4) is 0 Å². The maximum Gasteiger partial charge on any atom is 0.331 e. The van der Waals surface area contributed by atoms with Gasteiger partial charge in [-0.2, -0.15) is 0 Å². The van der Waals surface area contributed by atoms with Crippen LogP contribution < -0.4 is 14.8 Å². The highest BCUT2D eigenvalue weighted by atomic mass is 35.5. The Kier molecular flexibility index (Phi) is 8.22. The normalized spacial score (nSPS) is 27.2. The highest BCUT2D eigenvalue weighted by Gasteiger charge is 2.54. The average Bonchev–Trinajstić information content (AvgIpc) is 3.61. The second-order valence-electron chi connectivity index (χ2n) is 14.1. The number of nitrogens with zero attached hydrogens (tertiary/aromatic N) is 1. The van der Waals surface area contributed by atoms with Crippen molar-refractivity contribution in [1.82, 2.24) is 4.98 Å². The Morgan fingerprint density at radius 2 is 1.98 bits per heavy atom. The lowest BCUT2D eigenvalue weighted by Gasteiger charge is -2.47. The molecule has 0 saturated heterocycles. The highest BCUT2D eigenvalue weighted by Crippen LogP contribution is 2.57. The van der Waals surface area contributed by atoms with Crippen LogP contribution in [0.15, 0.2) is 48.7 Å². The number of hydrogen-bond donors (Lipinski definition) is 1. The molecule has 1 spiro atoms. The summed E-state index contributed by atoms with van der Waals surface area (Å²) in [6, 6.07) is 14.4. The predicted molar refractivity (Wildman–Crippen MR) is 178 cm³/mol. The number of hydrogen-bond acceptors (Lipinski definition) is 6. The van der Waals surface area contributed by atoms with E-state index in [4.69, 9.17) is 25.8 Å². The van der Waals surface area contributed by atoms with Gasteiger partial charge in [0.1, 0.15) is 17.0 Å². The van der Waals surface area contributed by atoms with Crippen LogP contribution in [-0.2, 0) is 34.2 Å². The number of benzene rings is 2. The van der Waals surface area contributed by atoms with Gasteiger partial charge in [-0.25, -0.2) is 4.79 Å². The largest absolute Gasteiger partial charge is 0.493 e. The van der Waals surface area contributed by atoms with Gasteiger partial charge in [0.2, 0.25) is 0 Å². The van der Waals surface area contributed by atoms with Gasteiger partial charge in [-0.15, -0.1) is 0 Å². The minimum atomic E-state index is -0.795. The molecule has 0 unspecified atom stereocenters. The summed E-state index contributed by atoms with van der Waals surface area (Å²) in [4.78, 5) is 18.1. The number of methoxy groups -OCH3 is 1. The molecule has 3 atom stereocenters. The fraction of sp³-hybridized carbons (Fsp3) is 0.526. The van der Waals surface area contributed by atoms with Crippen LogP contribution in [-0.4, -0.2) is 36.8 Å². The molecule has 1 aliphatic heterocycles. The van der Waals surface area contributed by atoms with Gasteiger partial charge in [-0.1, -0.05) is 37.6 Å². The van der Waals surface area contributed by atoms with Crippen molar-refractivity contribution in [3.63, 3.8) is 0 Å². The van der Waals surface area contributed by atoms with E-state index in [2.05, 4.69) is 42.3 Å². The van der Waals surface area contributed by atoms with E-state index in [1.165, 1.54) is 47.9 Å². The van der Waals surface area contributed by atoms with Crippen LogP contribution in [0.5, 0.6) is 11.5 Å². The molecule has 6 nitrogen and oxygen atoms in total. The van der Waals surface area contributed by atoms with E-state index in [0.29, 0.717) is 42.2 Å². The van der Waals surface area contributed by atoms with Gasteiger partial charge >= 0.3 is 5.97 Å². The maximum atomic E-state index is 13.4. The van der Waals surface area contributed by atoms with E-state index in [-0.39, 0.29) is 11.4 Å². The number of rotatable bonds is 8. The zero-order valence-corrected chi connectivity index (χ0v) is 27.6. The summed E-state index contributed by atoms with van der Waals surface area (Å²) in [5.41, 5.74) is 6.77. The third kappa shape index (κ3) is 5.58. The van der Waals surface area contributed by atoms with Crippen molar-refractivity contribution in [2.75, 3.05) is 25.6 Å². The summed E-state index contributed by atoms with van der Waals surface area (Å²) < 4.78 is 18.1. The van der Waals surface area contributed by atoms with Gasteiger partial charge in [-0.05, 0) is 128 Å². The van der Waals surface area contributed by atoms with Crippen LogP contribution in [0, 0.1) is 11.8 Å². The number of pyridine rings is 1. The van der Waals surface area contributed by atoms with E-state index in [1.807, 2.05) is 30.5 Å². The Bertz CT molecular complexity index is 1580. The van der Waals surface area contributed by atoms with Crippen molar-refractivity contribution in [1.29, 1.82) is 0 Å². The standard InChI is InChI=1S/C38H45ClN2O4/c1-24(23-45-33-10-16-40-32-9-4-6-25(2)35(32)33)18-28-20-27-19-26-11-17-44-34(26)22-31(27)37(28)12-14-38(15-13-37,36(42)43-3)41-30-8-5-7-29(39)21-30/h5,7-8,10,16,19,21-22,24-25,28,41H,4,6,9,11-15,17-18,20,23H2,1-3H3/t24-,25-,28+,37?,38?/m1/s1. The summed E-state index contributed by atoms with van der Waals surface area (Å²) in [5.74, 6) is 3.18. The second kappa shape index (κ2) is 12.2. The van der Waals surface area contributed by atoms with Gasteiger partial charge in [0.05, 0.1) is 20.3 Å². The molecule has 2 heterocycles. The number of carbonyl (C=O) groups excluding carboxylic acids is 1. The minimum Gasteiger partial charge on any atom is -0.493 e. The van der Waals surface area contributed by atoms with E-state index in [0.717, 1.165) is 62.3 Å². The molecule has 1 saturated carbocycles. The molecule has 0 bridgehead atoms. The monoisotopic (exact) mass is 628 g/mol. The van der Waals surface area contributed by atoms with Crippen LogP contribution in [0.25, 0.3) is 0 Å². The summed E-state index contributed by atoms with van der Waals surface area (Å²) in [7, 11) is 1.49. The predicted octanol–water partition coefficient (Wildman–Crippen LogP) is 8.22. The van der Waals surface area contributed by atoms with Crippen LogP contribution in [0.4, 0.5) is 5.69 Å². The van der Waals surface area contributed by atoms with Crippen molar-refractivity contribution >= 4 is 23.3 Å². The molecular formula is C38H45ClN2O4. The summed E-state index contributed by atoms with van der Waals surface area (Å²) >= 11 is 6.32. The summed E-state index contributed by atoms with van der Waals surface area (Å²) in [6.45, 7) is 6.08. The first-order valence-corrected chi connectivity index (χ1v) is 17.2. The molecule has 3 aromatic rings. The third-order valence-electron chi connectivity index (χ3n) is 11.3. The van der Waals surface area contributed by atoms with Gasteiger partial charge in [0.25, 0.3) is 0 Å². The summed E-state index contributed by atoms with van der Waals surface area (Å²) in [5, 5.41) is 4.21. The van der Waals surface area contributed by atoms with Crippen LogP contribution >= 0.6 is 11.6 Å². The Morgan fingerprint density at radius 3 is 2.78 bits per heavy atom. The molecule has 1 fully saturated rings. The molecule has 3 aliphatic carbocycles. The molecule has 1 N–H and O–H groups in total. The number of carbonyl (C=O) groups is 1. The number of aryl methyl sites for hydroxylation is 1. The zero-order chi connectivity index (χ0) is 31.2. The molecule has 7 heteroatoms. The smallest absolute Gasteiger partial charge is 0.331 e. The maximum absolute atomic E-state index is 13.4.